The SMILES string of the molecule is CCOC(=O)C1OCC(C=O)C1=O. The molecule has 0 aromatic heterocycles. The van der Waals surface area contributed by atoms with E-state index in [-0.39, 0.29) is 13.2 Å². The second-order valence-corrected chi connectivity index (χ2v) is 2.61. The lowest BCUT2D eigenvalue weighted by molar-refractivity contribution is -0.156. The fourth-order valence-corrected chi connectivity index (χ4v) is 1.07. The molecule has 5 nitrogen and oxygen atoms in total. The van der Waals surface area contributed by atoms with Crippen molar-refractivity contribution in [2.24, 2.45) is 5.92 Å². The summed E-state index contributed by atoms with van der Waals surface area (Å²) >= 11 is 0. The molecule has 5 heteroatoms. The van der Waals surface area contributed by atoms with Crippen LogP contribution in [0.15, 0.2) is 0 Å². The van der Waals surface area contributed by atoms with Crippen molar-refractivity contribution < 1.29 is 23.9 Å². The van der Waals surface area contributed by atoms with E-state index >= 15 is 0 Å². The standard InChI is InChI=1S/C8H10O5/c1-2-12-8(11)7-6(10)5(3-9)4-13-7/h3,5,7H,2,4H2,1H3. The van der Waals surface area contributed by atoms with E-state index in [2.05, 4.69) is 4.74 Å². The Balaban J connectivity index is 2.59. The fourth-order valence-electron chi connectivity index (χ4n) is 1.07. The maximum Gasteiger partial charge on any atom is 0.343 e. The molecule has 1 aliphatic heterocycles. The maximum absolute atomic E-state index is 11.2. The second-order valence-electron chi connectivity index (χ2n) is 2.61. The van der Waals surface area contributed by atoms with Crippen LogP contribution in [-0.2, 0) is 23.9 Å². The summed E-state index contributed by atoms with van der Waals surface area (Å²) in [5, 5.41) is 0. The summed E-state index contributed by atoms with van der Waals surface area (Å²) in [7, 11) is 0. The number of Topliss-reactive ketones (excluding diaryl/α,β-unsaturated/α-hetero) is 1. The Labute approximate surface area is 75.0 Å². The minimum Gasteiger partial charge on any atom is -0.464 e. The molecule has 0 amide bonds. The predicted octanol–water partition coefficient (Wildman–Crippen LogP) is -0.668. The van der Waals surface area contributed by atoms with Gasteiger partial charge in [-0.05, 0) is 6.92 Å². The highest BCUT2D eigenvalue weighted by Gasteiger charge is 2.40. The average molecular weight is 186 g/mol. The van der Waals surface area contributed by atoms with Crippen molar-refractivity contribution in [2.45, 2.75) is 13.0 Å². The van der Waals surface area contributed by atoms with E-state index in [1.807, 2.05) is 0 Å². The number of esters is 1. The molecule has 13 heavy (non-hydrogen) atoms. The first kappa shape index (κ1) is 9.85. The summed E-state index contributed by atoms with van der Waals surface area (Å²) < 4.78 is 9.42. The third-order valence-electron chi connectivity index (χ3n) is 1.73. The molecule has 0 bridgehead atoms. The number of rotatable bonds is 3. The first-order chi connectivity index (χ1) is 6.20. The Morgan fingerprint density at radius 3 is 2.92 bits per heavy atom. The van der Waals surface area contributed by atoms with Gasteiger partial charge in [0.2, 0.25) is 6.10 Å². The van der Waals surface area contributed by atoms with Gasteiger partial charge in [-0.25, -0.2) is 4.79 Å². The van der Waals surface area contributed by atoms with Gasteiger partial charge in [0.1, 0.15) is 6.29 Å². The third-order valence-corrected chi connectivity index (χ3v) is 1.73. The molecule has 1 heterocycles. The molecule has 0 radical (unpaired) electrons. The van der Waals surface area contributed by atoms with Gasteiger partial charge in [-0.15, -0.1) is 0 Å². The summed E-state index contributed by atoms with van der Waals surface area (Å²) in [6, 6.07) is 0. The van der Waals surface area contributed by atoms with Gasteiger partial charge in [-0.3, -0.25) is 4.79 Å². The van der Waals surface area contributed by atoms with Gasteiger partial charge in [0.15, 0.2) is 5.78 Å². The number of hydrogen-bond donors (Lipinski definition) is 0. The lowest BCUT2D eigenvalue weighted by Crippen LogP contribution is -2.31. The monoisotopic (exact) mass is 186 g/mol. The number of carbonyl (C=O) groups excluding carboxylic acids is 3. The van der Waals surface area contributed by atoms with Crippen LogP contribution in [0, 0.1) is 5.92 Å². The molecule has 0 saturated carbocycles. The molecular formula is C8H10O5. The van der Waals surface area contributed by atoms with Gasteiger partial charge in [0, 0.05) is 0 Å². The topological polar surface area (TPSA) is 69.7 Å². The molecule has 0 aromatic carbocycles. The molecule has 0 aromatic rings. The highest BCUT2D eigenvalue weighted by molar-refractivity contribution is 6.09. The number of ketones is 1. The Kier molecular flexibility index (Phi) is 3.13. The molecule has 2 unspecified atom stereocenters. The van der Waals surface area contributed by atoms with Crippen molar-refractivity contribution >= 4 is 18.0 Å². The number of ether oxygens (including phenoxy) is 2. The number of carbonyl (C=O) groups is 3. The maximum atomic E-state index is 11.2. The van der Waals surface area contributed by atoms with Crippen LogP contribution in [0.3, 0.4) is 0 Å². The average Bonchev–Trinajstić information content (AvgIpc) is 2.47. The predicted molar refractivity (Wildman–Crippen MR) is 40.9 cm³/mol. The first-order valence-electron chi connectivity index (χ1n) is 3.98. The van der Waals surface area contributed by atoms with Crippen LogP contribution in [0.25, 0.3) is 0 Å². The minimum absolute atomic E-state index is 0.0220. The van der Waals surface area contributed by atoms with Crippen LogP contribution in [0.2, 0.25) is 0 Å². The molecule has 1 rings (SSSR count). The van der Waals surface area contributed by atoms with Crippen LogP contribution in [0.5, 0.6) is 0 Å². The van der Waals surface area contributed by atoms with E-state index < -0.39 is 23.8 Å². The fraction of sp³-hybridized carbons (Fsp3) is 0.625. The molecule has 0 spiro atoms. The van der Waals surface area contributed by atoms with Crippen LogP contribution < -0.4 is 0 Å². The van der Waals surface area contributed by atoms with Crippen LogP contribution in [0.4, 0.5) is 0 Å². The molecule has 0 N–H and O–H groups in total. The Bertz CT molecular complexity index is 235. The van der Waals surface area contributed by atoms with Crippen LogP contribution >= 0.6 is 0 Å². The molecule has 1 aliphatic rings. The van der Waals surface area contributed by atoms with E-state index in [1.165, 1.54) is 0 Å². The van der Waals surface area contributed by atoms with Gasteiger partial charge in [-0.1, -0.05) is 0 Å². The van der Waals surface area contributed by atoms with Crippen molar-refractivity contribution in [3.05, 3.63) is 0 Å². The molecule has 0 aliphatic carbocycles. The largest absolute Gasteiger partial charge is 0.464 e. The van der Waals surface area contributed by atoms with Crippen LogP contribution in [-0.4, -0.2) is 37.4 Å². The van der Waals surface area contributed by atoms with Crippen molar-refractivity contribution in [1.82, 2.24) is 0 Å². The summed E-state index contributed by atoms with van der Waals surface area (Å²) in [5.41, 5.74) is 0. The summed E-state index contributed by atoms with van der Waals surface area (Å²) in [6.45, 7) is 1.80. The second kappa shape index (κ2) is 4.13. The zero-order valence-corrected chi connectivity index (χ0v) is 7.19. The quantitative estimate of drug-likeness (QED) is 0.332. The molecule has 1 saturated heterocycles. The minimum atomic E-state index is -1.20. The van der Waals surface area contributed by atoms with E-state index in [4.69, 9.17) is 4.74 Å². The highest BCUT2D eigenvalue weighted by Crippen LogP contribution is 2.14. The van der Waals surface area contributed by atoms with Crippen molar-refractivity contribution in [1.29, 1.82) is 0 Å². The highest BCUT2D eigenvalue weighted by atomic mass is 16.6. The number of hydrogen-bond acceptors (Lipinski definition) is 5. The van der Waals surface area contributed by atoms with Gasteiger partial charge >= 0.3 is 5.97 Å². The lowest BCUT2D eigenvalue weighted by Gasteiger charge is -2.05. The molecule has 1 fully saturated rings. The van der Waals surface area contributed by atoms with E-state index in [0.717, 1.165) is 0 Å². The third kappa shape index (κ3) is 1.92. The van der Waals surface area contributed by atoms with Crippen molar-refractivity contribution in [2.75, 3.05) is 13.2 Å². The Morgan fingerprint density at radius 2 is 2.46 bits per heavy atom. The summed E-state index contributed by atoms with van der Waals surface area (Å²) in [4.78, 5) is 32.5. The van der Waals surface area contributed by atoms with Gasteiger partial charge in [0.25, 0.3) is 0 Å². The summed E-state index contributed by atoms with van der Waals surface area (Å²) in [6.07, 6.45) is -0.711. The molecule has 2 atom stereocenters. The van der Waals surface area contributed by atoms with E-state index in [1.54, 1.807) is 6.92 Å². The van der Waals surface area contributed by atoms with E-state index in [9.17, 15) is 14.4 Å². The smallest absolute Gasteiger partial charge is 0.343 e. The van der Waals surface area contributed by atoms with Crippen molar-refractivity contribution in [3.63, 3.8) is 0 Å². The van der Waals surface area contributed by atoms with Gasteiger partial charge in [-0.2, -0.15) is 0 Å². The Morgan fingerprint density at radius 1 is 1.77 bits per heavy atom. The molecular weight excluding hydrogens is 176 g/mol. The van der Waals surface area contributed by atoms with Crippen molar-refractivity contribution in [3.8, 4) is 0 Å². The normalized spacial score (nSPS) is 27.3. The zero-order chi connectivity index (χ0) is 9.84. The first-order valence-corrected chi connectivity index (χ1v) is 3.98. The number of aldehydes is 1. The van der Waals surface area contributed by atoms with Gasteiger partial charge in [0.05, 0.1) is 19.1 Å². The molecule has 72 valence electrons. The van der Waals surface area contributed by atoms with E-state index in [0.29, 0.717) is 6.29 Å². The lowest BCUT2D eigenvalue weighted by atomic mass is 10.1. The summed E-state index contributed by atoms with van der Waals surface area (Å²) in [5.74, 6) is -2.03. The van der Waals surface area contributed by atoms with Crippen LogP contribution in [0.1, 0.15) is 6.92 Å². The zero-order valence-electron chi connectivity index (χ0n) is 7.19. The van der Waals surface area contributed by atoms with Gasteiger partial charge < -0.3 is 14.3 Å². The Hall–Kier alpha value is -1.23.